The molecule has 78 valence electrons. The first-order valence-corrected chi connectivity index (χ1v) is 5.74. The van der Waals surface area contributed by atoms with Gasteiger partial charge in [0.1, 0.15) is 0 Å². The van der Waals surface area contributed by atoms with E-state index in [0.717, 1.165) is 29.8 Å². The smallest absolute Gasteiger partial charge is 0.0482 e. The van der Waals surface area contributed by atoms with E-state index in [2.05, 4.69) is 38.6 Å². The van der Waals surface area contributed by atoms with Crippen molar-refractivity contribution in [1.82, 2.24) is 0 Å². The summed E-state index contributed by atoms with van der Waals surface area (Å²) >= 11 is 4.40. The Hall–Kier alpha value is -0.630. The zero-order valence-corrected chi connectivity index (χ0v) is 9.90. The molecule has 1 aromatic rings. The van der Waals surface area contributed by atoms with Crippen molar-refractivity contribution < 1.29 is 0 Å². The summed E-state index contributed by atoms with van der Waals surface area (Å²) in [7, 11) is 0. The lowest BCUT2D eigenvalue weighted by atomic mass is 10.0. The van der Waals surface area contributed by atoms with Crippen LogP contribution in [0.2, 0.25) is 0 Å². The van der Waals surface area contributed by atoms with Crippen LogP contribution in [-0.2, 0) is 12.8 Å². The van der Waals surface area contributed by atoms with Crippen LogP contribution in [0.25, 0.3) is 0 Å². The van der Waals surface area contributed by atoms with Crippen LogP contribution in [0, 0.1) is 0 Å². The molecule has 1 rings (SSSR count). The molecule has 1 aromatic carbocycles. The third-order valence-corrected chi connectivity index (χ3v) is 2.73. The molecule has 0 saturated carbocycles. The van der Waals surface area contributed by atoms with Crippen molar-refractivity contribution in [2.24, 2.45) is 0 Å². The fraction of sp³-hybridized carbons (Fsp3) is 0.500. The normalized spacial score (nSPS) is 10.5. The average molecular weight is 209 g/mol. The Morgan fingerprint density at radius 1 is 1.14 bits per heavy atom. The summed E-state index contributed by atoms with van der Waals surface area (Å²) in [4.78, 5) is 0.930. The minimum Gasteiger partial charge on any atom is -0.398 e. The first-order valence-electron chi connectivity index (χ1n) is 5.29. The van der Waals surface area contributed by atoms with Crippen LogP contribution in [0.1, 0.15) is 37.8 Å². The van der Waals surface area contributed by atoms with Crippen LogP contribution in [0.5, 0.6) is 0 Å². The summed E-state index contributed by atoms with van der Waals surface area (Å²) in [6.07, 6.45) is 4.47. The van der Waals surface area contributed by atoms with Gasteiger partial charge < -0.3 is 5.73 Å². The van der Waals surface area contributed by atoms with Crippen molar-refractivity contribution >= 4 is 18.3 Å². The topological polar surface area (TPSA) is 26.0 Å². The highest BCUT2D eigenvalue weighted by molar-refractivity contribution is 7.80. The Morgan fingerprint density at radius 2 is 1.79 bits per heavy atom. The SMILES string of the molecule is CCCc1cc(S)c(N)c(CCC)c1. The van der Waals surface area contributed by atoms with Crippen LogP contribution < -0.4 is 5.73 Å². The van der Waals surface area contributed by atoms with Gasteiger partial charge in [0.05, 0.1) is 0 Å². The average Bonchev–Trinajstić information content (AvgIpc) is 2.14. The van der Waals surface area contributed by atoms with Gasteiger partial charge in [-0.25, -0.2) is 0 Å². The fourth-order valence-corrected chi connectivity index (χ4v) is 1.98. The number of nitrogen functional groups attached to an aromatic ring is 1. The molecular formula is C12H19NS. The van der Waals surface area contributed by atoms with Crippen molar-refractivity contribution in [3.05, 3.63) is 23.3 Å². The van der Waals surface area contributed by atoms with Crippen LogP contribution in [0.15, 0.2) is 17.0 Å². The molecule has 0 unspecified atom stereocenters. The number of hydrogen-bond donors (Lipinski definition) is 2. The van der Waals surface area contributed by atoms with Crippen molar-refractivity contribution in [1.29, 1.82) is 0 Å². The summed E-state index contributed by atoms with van der Waals surface area (Å²) in [5.41, 5.74) is 9.42. The van der Waals surface area contributed by atoms with Gasteiger partial charge >= 0.3 is 0 Å². The highest BCUT2D eigenvalue weighted by Crippen LogP contribution is 2.25. The van der Waals surface area contributed by atoms with Crippen molar-refractivity contribution in [2.45, 2.75) is 44.4 Å². The third kappa shape index (κ3) is 2.68. The highest BCUT2D eigenvalue weighted by Gasteiger charge is 2.04. The number of hydrogen-bond acceptors (Lipinski definition) is 2. The van der Waals surface area contributed by atoms with Gasteiger partial charge in [0.2, 0.25) is 0 Å². The lowest BCUT2D eigenvalue weighted by Gasteiger charge is -2.10. The Bertz CT molecular complexity index is 307. The van der Waals surface area contributed by atoms with E-state index in [1.54, 1.807) is 0 Å². The van der Waals surface area contributed by atoms with E-state index in [1.165, 1.54) is 17.5 Å². The first kappa shape index (κ1) is 11.4. The van der Waals surface area contributed by atoms with Gasteiger partial charge in [0, 0.05) is 10.6 Å². The Balaban J connectivity index is 3.01. The molecule has 0 spiro atoms. The molecule has 2 N–H and O–H groups in total. The molecule has 0 aromatic heterocycles. The van der Waals surface area contributed by atoms with Gasteiger partial charge in [-0.3, -0.25) is 0 Å². The molecular weight excluding hydrogens is 190 g/mol. The van der Waals surface area contributed by atoms with Crippen LogP contribution >= 0.6 is 12.6 Å². The second-order valence-corrected chi connectivity index (χ2v) is 4.17. The van der Waals surface area contributed by atoms with Gasteiger partial charge in [-0.15, -0.1) is 12.6 Å². The van der Waals surface area contributed by atoms with Crippen LogP contribution in [-0.4, -0.2) is 0 Å². The number of anilines is 1. The summed E-state index contributed by atoms with van der Waals surface area (Å²) < 4.78 is 0. The quantitative estimate of drug-likeness (QED) is 0.576. The maximum absolute atomic E-state index is 5.96. The molecule has 2 heteroatoms. The molecule has 0 saturated heterocycles. The van der Waals surface area contributed by atoms with E-state index in [1.807, 2.05) is 0 Å². The number of nitrogens with two attached hydrogens (primary N) is 1. The molecule has 0 heterocycles. The van der Waals surface area contributed by atoms with E-state index in [0.29, 0.717) is 0 Å². The summed E-state index contributed by atoms with van der Waals surface area (Å²) in [6, 6.07) is 4.31. The maximum atomic E-state index is 5.96. The molecule has 0 bridgehead atoms. The Morgan fingerprint density at radius 3 is 2.36 bits per heavy atom. The van der Waals surface area contributed by atoms with E-state index in [9.17, 15) is 0 Å². The van der Waals surface area contributed by atoms with Gasteiger partial charge in [0.15, 0.2) is 0 Å². The van der Waals surface area contributed by atoms with Gasteiger partial charge in [-0.1, -0.05) is 32.8 Å². The van der Waals surface area contributed by atoms with Crippen LogP contribution in [0.4, 0.5) is 5.69 Å². The van der Waals surface area contributed by atoms with Gasteiger partial charge in [0.25, 0.3) is 0 Å². The predicted molar refractivity (Wildman–Crippen MR) is 66.1 cm³/mol. The molecule has 0 amide bonds. The van der Waals surface area contributed by atoms with Gasteiger partial charge in [-0.05, 0) is 30.0 Å². The number of aryl methyl sites for hydroxylation is 2. The van der Waals surface area contributed by atoms with E-state index >= 15 is 0 Å². The summed E-state index contributed by atoms with van der Waals surface area (Å²) in [6.45, 7) is 4.36. The minimum atomic E-state index is 0.857. The molecule has 0 atom stereocenters. The number of rotatable bonds is 4. The summed E-state index contributed by atoms with van der Waals surface area (Å²) in [5, 5.41) is 0. The van der Waals surface area contributed by atoms with E-state index in [-0.39, 0.29) is 0 Å². The minimum absolute atomic E-state index is 0.857. The van der Waals surface area contributed by atoms with Crippen molar-refractivity contribution in [3.63, 3.8) is 0 Å². The van der Waals surface area contributed by atoms with Gasteiger partial charge in [-0.2, -0.15) is 0 Å². The molecule has 0 aliphatic carbocycles. The molecule has 0 aliphatic heterocycles. The molecule has 14 heavy (non-hydrogen) atoms. The molecule has 1 nitrogen and oxygen atoms in total. The first-order chi connectivity index (χ1) is 6.69. The van der Waals surface area contributed by atoms with Crippen molar-refractivity contribution in [2.75, 3.05) is 5.73 Å². The van der Waals surface area contributed by atoms with Crippen LogP contribution in [0.3, 0.4) is 0 Å². The monoisotopic (exact) mass is 209 g/mol. The largest absolute Gasteiger partial charge is 0.398 e. The lowest BCUT2D eigenvalue weighted by molar-refractivity contribution is 0.891. The molecule has 0 fully saturated rings. The van der Waals surface area contributed by atoms with Crippen molar-refractivity contribution in [3.8, 4) is 0 Å². The molecule has 0 aliphatic rings. The maximum Gasteiger partial charge on any atom is 0.0482 e. The summed E-state index contributed by atoms with van der Waals surface area (Å²) in [5.74, 6) is 0. The standard InChI is InChI=1S/C12H19NS/c1-3-5-9-7-10(6-4-2)12(13)11(14)8-9/h7-8,14H,3-6,13H2,1-2H3. The zero-order chi connectivity index (χ0) is 10.6. The lowest BCUT2D eigenvalue weighted by Crippen LogP contribution is -1.98. The second-order valence-electron chi connectivity index (χ2n) is 3.69. The van der Waals surface area contributed by atoms with E-state index in [4.69, 9.17) is 5.73 Å². The molecule has 0 radical (unpaired) electrons. The number of benzene rings is 1. The predicted octanol–water partition coefficient (Wildman–Crippen LogP) is 3.46. The second kappa shape index (κ2) is 5.30. The van der Waals surface area contributed by atoms with E-state index < -0.39 is 0 Å². The zero-order valence-electron chi connectivity index (χ0n) is 9.01. The fourth-order valence-electron chi connectivity index (χ4n) is 1.67. The Labute approximate surface area is 92.1 Å². The Kier molecular flexibility index (Phi) is 4.33. The number of thiol groups is 1. The third-order valence-electron chi connectivity index (χ3n) is 2.36. The highest BCUT2D eigenvalue weighted by atomic mass is 32.1.